The third-order valence-electron chi connectivity index (χ3n) is 7.76. The standard InChI is InChI=1S/C32H32O2/c33-31(25-13-5-1-6-14-25,26-15-7-2-8-16-26)29-21-23-30(24-22-29)32(34,27-17-9-3-10-18-27)28-19-11-4-12-20-28/h1-20,29-30,33-34H,21-24H2. The molecule has 172 valence electrons. The SMILES string of the molecule is OC(c1ccccc1)(c1ccccc1)C1CCC(C(O)(c2ccccc2)c2ccccc2)CC1. The second kappa shape index (κ2) is 9.58. The van der Waals surface area contributed by atoms with Gasteiger partial charge in [0.1, 0.15) is 11.2 Å². The lowest BCUT2D eigenvalue weighted by Gasteiger charge is -2.45. The number of hydrogen-bond donors (Lipinski definition) is 2. The van der Waals surface area contributed by atoms with Crippen LogP contribution in [0.5, 0.6) is 0 Å². The molecule has 4 aromatic rings. The van der Waals surface area contributed by atoms with Crippen molar-refractivity contribution in [3.8, 4) is 0 Å². The summed E-state index contributed by atoms with van der Waals surface area (Å²) in [6.07, 6.45) is 3.36. The van der Waals surface area contributed by atoms with Gasteiger partial charge in [-0.15, -0.1) is 0 Å². The Balaban J connectivity index is 1.48. The summed E-state index contributed by atoms with van der Waals surface area (Å²) in [5, 5.41) is 24.5. The lowest BCUT2D eigenvalue weighted by molar-refractivity contribution is -0.0469. The van der Waals surface area contributed by atoms with Gasteiger partial charge in [0.2, 0.25) is 0 Å². The average Bonchev–Trinajstić information content (AvgIpc) is 2.94. The number of rotatable bonds is 6. The highest BCUT2D eigenvalue weighted by Crippen LogP contribution is 2.50. The molecule has 0 bridgehead atoms. The Morgan fingerprint density at radius 3 is 0.794 bits per heavy atom. The van der Waals surface area contributed by atoms with Crippen molar-refractivity contribution in [2.75, 3.05) is 0 Å². The first-order valence-electron chi connectivity index (χ1n) is 12.3. The lowest BCUT2D eigenvalue weighted by Crippen LogP contribution is -2.43. The van der Waals surface area contributed by atoms with E-state index < -0.39 is 11.2 Å². The summed E-state index contributed by atoms with van der Waals surface area (Å²) in [5.41, 5.74) is 1.64. The molecule has 0 saturated heterocycles. The van der Waals surface area contributed by atoms with Crippen molar-refractivity contribution < 1.29 is 10.2 Å². The van der Waals surface area contributed by atoms with E-state index in [4.69, 9.17) is 0 Å². The van der Waals surface area contributed by atoms with Crippen LogP contribution in [0.4, 0.5) is 0 Å². The van der Waals surface area contributed by atoms with Crippen molar-refractivity contribution in [1.29, 1.82) is 0 Å². The topological polar surface area (TPSA) is 40.5 Å². The van der Waals surface area contributed by atoms with Crippen LogP contribution in [0.15, 0.2) is 121 Å². The van der Waals surface area contributed by atoms with Gasteiger partial charge in [0.05, 0.1) is 0 Å². The van der Waals surface area contributed by atoms with Crippen LogP contribution in [-0.2, 0) is 11.2 Å². The molecular formula is C32H32O2. The molecule has 0 aliphatic heterocycles. The van der Waals surface area contributed by atoms with Crippen molar-refractivity contribution in [1.82, 2.24) is 0 Å². The van der Waals surface area contributed by atoms with Gasteiger partial charge in [-0.25, -0.2) is 0 Å². The molecule has 2 N–H and O–H groups in total. The minimum absolute atomic E-state index is 0.0735. The highest BCUT2D eigenvalue weighted by Gasteiger charge is 2.47. The highest BCUT2D eigenvalue weighted by molar-refractivity contribution is 5.39. The Hall–Kier alpha value is -3.20. The van der Waals surface area contributed by atoms with E-state index in [9.17, 15) is 10.2 Å². The zero-order valence-corrected chi connectivity index (χ0v) is 19.4. The van der Waals surface area contributed by atoms with E-state index >= 15 is 0 Å². The van der Waals surface area contributed by atoms with Crippen molar-refractivity contribution in [2.24, 2.45) is 11.8 Å². The molecule has 0 aromatic heterocycles. The van der Waals surface area contributed by atoms with E-state index in [2.05, 4.69) is 0 Å². The maximum Gasteiger partial charge on any atom is 0.117 e. The molecule has 34 heavy (non-hydrogen) atoms. The maximum atomic E-state index is 12.2. The van der Waals surface area contributed by atoms with E-state index in [1.165, 1.54) is 0 Å². The van der Waals surface area contributed by atoms with Crippen LogP contribution in [-0.4, -0.2) is 10.2 Å². The molecule has 1 aliphatic carbocycles. The molecular weight excluding hydrogens is 416 g/mol. The molecule has 5 rings (SSSR count). The monoisotopic (exact) mass is 448 g/mol. The Bertz CT molecular complexity index is 989. The smallest absolute Gasteiger partial charge is 0.117 e. The molecule has 1 saturated carbocycles. The molecule has 2 heteroatoms. The predicted octanol–water partition coefficient (Wildman–Crippen LogP) is 6.67. The van der Waals surface area contributed by atoms with E-state index in [1.54, 1.807) is 0 Å². The predicted molar refractivity (Wildman–Crippen MR) is 137 cm³/mol. The molecule has 2 nitrogen and oxygen atoms in total. The summed E-state index contributed by atoms with van der Waals surface area (Å²) in [4.78, 5) is 0. The number of aliphatic hydroxyl groups is 2. The minimum atomic E-state index is -1.05. The Kier molecular flexibility index (Phi) is 6.36. The summed E-state index contributed by atoms with van der Waals surface area (Å²) in [5.74, 6) is 0.147. The van der Waals surface area contributed by atoms with Crippen LogP contribution in [0.1, 0.15) is 47.9 Å². The zero-order chi connectivity index (χ0) is 23.4. The fourth-order valence-corrected chi connectivity index (χ4v) is 5.97. The average molecular weight is 449 g/mol. The van der Waals surface area contributed by atoms with Gasteiger partial charge in [0.25, 0.3) is 0 Å². The normalized spacial score (nSPS) is 19.0. The van der Waals surface area contributed by atoms with Crippen LogP contribution < -0.4 is 0 Å². The minimum Gasteiger partial charge on any atom is -0.380 e. The van der Waals surface area contributed by atoms with Crippen molar-refractivity contribution >= 4 is 0 Å². The largest absolute Gasteiger partial charge is 0.380 e. The van der Waals surface area contributed by atoms with Crippen molar-refractivity contribution in [3.05, 3.63) is 144 Å². The number of benzene rings is 4. The summed E-state index contributed by atoms with van der Waals surface area (Å²) in [6, 6.07) is 40.2. The van der Waals surface area contributed by atoms with Crippen molar-refractivity contribution in [2.45, 2.75) is 36.9 Å². The maximum absolute atomic E-state index is 12.2. The van der Waals surface area contributed by atoms with E-state index in [-0.39, 0.29) is 11.8 Å². The Morgan fingerprint density at radius 2 is 0.588 bits per heavy atom. The van der Waals surface area contributed by atoms with Gasteiger partial charge in [0, 0.05) is 0 Å². The first kappa shape index (κ1) is 22.6. The fourth-order valence-electron chi connectivity index (χ4n) is 5.97. The zero-order valence-electron chi connectivity index (χ0n) is 19.4. The molecule has 4 aromatic carbocycles. The third kappa shape index (κ3) is 3.98. The van der Waals surface area contributed by atoms with E-state index in [0.717, 1.165) is 47.9 Å². The molecule has 0 heterocycles. The Labute approximate surface area is 202 Å². The summed E-state index contributed by atoms with van der Waals surface area (Å²) >= 11 is 0. The molecule has 1 fully saturated rings. The van der Waals surface area contributed by atoms with Gasteiger partial charge >= 0.3 is 0 Å². The van der Waals surface area contributed by atoms with E-state index in [1.807, 2.05) is 121 Å². The van der Waals surface area contributed by atoms with E-state index in [0.29, 0.717) is 0 Å². The van der Waals surface area contributed by atoms with Gasteiger partial charge in [-0.3, -0.25) is 0 Å². The molecule has 1 aliphatic rings. The fraction of sp³-hybridized carbons (Fsp3) is 0.250. The number of hydrogen-bond acceptors (Lipinski definition) is 2. The van der Waals surface area contributed by atoms with Gasteiger partial charge in [0.15, 0.2) is 0 Å². The van der Waals surface area contributed by atoms with Gasteiger partial charge in [-0.05, 0) is 59.8 Å². The van der Waals surface area contributed by atoms with Gasteiger partial charge in [-0.1, -0.05) is 121 Å². The van der Waals surface area contributed by atoms with Crippen LogP contribution in [0.2, 0.25) is 0 Å². The summed E-state index contributed by atoms with van der Waals surface area (Å²) in [7, 11) is 0. The van der Waals surface area contributed by atoms with Gasteiger partial charge in [-0.2, -0.15) is 0 Å². The third-order valence-corrected chi connectivity index (χ3v) is 7.76. The molecule has 0 spiro atoms. The quantitative estimate of drug-likeness (QED) is 0.346. The lowest BCUT2D eigenvalue weighted by atomic mass is 9.63. The highest BCUT2D eigenvalue weighted by atomic mass is 16.3. The second-order valence-corrected chi connectivity index (χ2v) is 9.55. The van der Waals surface area contributed by atoms with Crippen LogP contribution in [0, 0.1) is 11.8 Å². The molecule has 0 radical (unpaired) electrons. The van der Waals surface area contributed by atoms with Gasteiger partial charge < -0.3 is 10.2 Å². The molecule has 0 unspecified atom stereocenters. The molecule has 0 amide bonds. The first-order chi connectivity index (χ1) is 16.6. The van der Waals surface area contributed by atoms with Crippen LogP contribution in [0.3, 0.4) is 0 Å². The van der Waals surface area contributed by atoms with Crippen LogP contribution in [0.25, 0.3) is 0 Å². The van der Waals surface area contributed by atoms with Crippen LogP contribution >= 0.6 is 0 Å². The summed E-state index contributed by atoms with van der Waals surface area (Å²) in [6.45, 7) is 0. The Morgan fingerprint density at radius 1 is 0.382 bits per heavy atom. The van der Waals surface area contributed by atoms with Crippen molar-refractivity contribution in [3.63, 3.8) is 0 Å². The summed E-state index contributed by atoms with van der Waals surface area (Å²) < 4.78 is 0. The molecule has 0 atom stereocenters. The first-order valence-corrected chi connectivity index (χ1v) is 12.3. The second-order valence-electron chi connectivity index (χ2n) is 9.55.